The number of rotatable bonds is 8. The van der Waals surface area contributed by atoms with E-state index in [1.165, 1.54) is 18.2 Å². The van der Waals surface area contributed by atoms with E-state index in [0.717, 1.165) is 5.56 Å². The van der Waals surface area contributed by atoms with Crippen molar-refractivity contribution in [2.75, 3.05) is 27.3 Å². The normalized spacial score (nSPS) is 10.0. The summed E-state index contributed by atoms with van der Waals surface area (Å²) in [4.78, 5) is 23.7. The number of hydrogen-bond donors (Lipinski definition) is 3. The van der Waals surface area contributed by atoms with Crippen molar-refractivity contribution in [1.29, 1.82) is 0 Å². The molecule has 0 aliphatic rings. The molecule has 0 unspecified atom stereocenters. The third-order valence-corrected chi connectivity index (χ3v) is 3.68. The number of carbonyl (C=O) groups excluding carboxylic acids is 2. The predicted octanol–water partition coefficient (Wildman–Crippen LogP) is 2.07. The highest BCUT2D eigenvalue weighted by molar-refractivity contribution is 5.94. The van der Waals surface area contributed by atoms with Crippen LogP contribution in [0.1, 0.15) is 15.9 Å². The number of urea groups is 1. The number of halogens is 1. The summed E-state index contributed by atoms with van der Waals surface area (Å²) < 4.78 is 23.8. The molecule has 0 heterocycles. The monoisotopic (exact) mass is 375 g/mol. The van der Waals surface area contributed by atoms with E-state index in [-0.39, 0.29) is 25.2 Å². The zero-order valence-electron chi connectivity index (χ0n) is 15.2. The molecule has 0 saturated heterocycles. The first-order valence-electron chi connectivity index (χ1n) is 8.30. The predicted molar refractivity (Wildman–Crippen MR) is 98.5 cm³/mol. The molecule has 0 aliphatic heterocycles. The summed E-state index contributed by atoms with van der Waals surface area (Å²) in [6.45, 7) is 0.655. The molecule has 0 spiro atoms. The van der Waals surface area contributed by atoms with Crippen molar-refractivity contribution in [2.45, 2.75) is 6.54 Å². The lowest BCUT2D eigenvalue weighted by Gasteiger charge is -2.11. The fourth-order valence-electron chi connectivity index (χ4n) is 2.31. The zero-order valence-corrected chi connectivity index (χ0v) is 15.2. The molecule has 0 aliphatic carbocycles. The Bertz CT molecular complexity index is 776. The van der Waals surface area contributed by atoms with Crippen LogP contribution in [0, 0.1) is 5.82 Å². The SMILES string of the molecule is COc1cc(CNC(=O)NCCNC(=O)c2ccccc2F)cc(OC)c1. The quantitative estimate of drug-likeness (QED) is 0.617. The minimum Gasteiger partial charge on any atom is -0.497 e. The molecule has 2 aromatic carbocycles. The maximum atomic E-state index is 13.5. The molecule has 0 aromatic heterocycles. The van der Waals surface area contributed by atoms with Crippen LogP contribution >= 0.6 is 0 Å². The summed E-state index contributed by atoms with van der Waals surface area (Å²) in [5.41, 5.74) is 0.781. The van der Waals surface area contributed by atoms with Crippen LogP contribution in [0.15, 0.2) is 42.5 Å². The van der Waals surface area contributed by atoms with E-state index < -0.39 is 17.8 Å². The van der Waals surface area contributed by atoms with Crippen LogP contribution in [0.5, 0.6) is 11.5 Å². The topological polar surface area (TPSA) is 88.7 Å². The molecule has 0 fully saturated rings. The van der Waals surface area contributed by atoms with Crippen LogP contribution < -0.4 is 25.4 Å². The van der Waals surface area contributed by atoms with Crippen LogP contribution in [0.2, 0.25) is 0 Å². The number of carbonyl (C=O) groups is 2. The van der Waals surface area contributed by atoms with E-state index in [0.29, 0.717) is 11.5 Å². The second kappa shape index (κ2) is 10.0. The minimum atomic E-state index is -0.589. The molecule has 0 saturated carbocycles. The molecular formula is C19H22FN3O4. The van der Waals surface area contributed by atoms with Crippen molar-refractivity contribution in [1.82, 2.24) is 16.0 Å². The molecule has 0 bridgehead atoms. The minimum absolute atomic E-state index is 0.0334. The number of ether oxygens (including phenoxy) is 2. The van der Waals surface area contributed by atoms with E-state index in [9.17, 15) is 14.0 Å². The van der Waals surface area contributed by atoms with Crippen LogP contribution in [-0.2, 0) is 6.54 Å². The summed E-state index contributed by atoms with van der Waals surface area (Å²) in [5, 5.41) is 7.85. The van der Waals surface area contributed by atoms with Crippen molar-refractivity contribution in [3.8, 4) is 11.5 Å². The lowest BCUT2D eigenvalue weighted by Crippen LogP contribution is -2.40. The van der Waals surface area contributed by atoms with E-state index in [4.69, 9.17) is 9.47 Å². The average Bonchev–Trinajstić information content (AvgIpc) is 2.69. The number of benzene rings is 2. The molecule has 3 N–H and O–H groups in total. The number of hydrogen-bond acceptors (Lipinski definition) is 4. The van der Waals surface area contributed by atoms with E-state index in [1.807, 2.05) is 0 Å². The van der Waals surface area contributed by atoms with Gasteiger partial charge in [0.1, 0.15) is 17.3 Å². The first-order valence-corrected chi connectivity index (χ1v) is 8.30. The molecule has 144 valence electrons. The van der Waals surface area contributed by atoms with Crippen molar-refractivity contribution >= 4 is 11.9 Å². The van der Waals surface area contributed by atoms with Crippen molar-refractivity contribution in [3.63, 3.8) is 0 Å². The maximum Gasteiger partial charge on any atom is 0.315 e. The summed E-state index contributed by atoms with van der Waals surface area (Å²) in [6.07, 6.45) is 0. The van der Waals surface area contributed by atoms with Crippen LogP contribution in [0.25, 0.3) is 0 Å². The highest BCUT2D eigenvalue weighted by Crippen LogP contribution is 2.22. The molecule has 2 aromatic rings. The number of amides is 3. The van der Waals surface area contributed by atoms with E-state index in [1.54, 1.807) is 38.5 Å². The second-order valence-electron chi connectivity index (χ2n) is 5.57. The van der Waals surface area contributed by atoms with Gasteiger partial charge >= 0.3 is 6.03 Å². The van der Waals surface area contributed by atoms with Gasteiger partial charge in [-0.1, -0.05) is 12.1 Å². The number of nitrogens with one attached hydrogen (secondary N) is 3. The smallest absolute Gasteiger partial charge is 0.315 e. The Hall–Kier alpha value is -3.29. The number of methoxy groups -OCH3 is 2. The van der Waals surface area contributed by atoms with Crippen molar-refractivity contribution in [3.05, 3.63) is 59.4 Å². The van der Waals surface area contributed by atoms with Crippen LogP contribution in [0.4, 0.5) is 9.18 Å². The van der Waals surface area contributed by atoms with Crippen LogP contribution in [-0.4, -0.2) is 39.2 Å². The largest absolute Gasteiger partial charge is 0.497 e. The molecule has 0 atom stereocenters. The maximum absolute atomic E-state index is 13.5. The summed E-state index contributed by atoms with van der Waals surface area (Å²) >= 11 is 0. The third-order valence-electron chi connectivity index (χ3n) is 3.68. The Morgan fingerprint density at radius 2 is 1.56 bits per heavy atom. The molecule has 8 heteroatoms. The molecule has 0 radical (unpaired) electrons. The Kier molecular flexibility index (Phi) is 7.42. The van der Waals surface area contributed by atoms with Gasteiger partial charge < -0.3 is 25.4 Å². The summed E-state index contributed by atoms with van der Waals surface area (Å²) in [6, 6.07) is 10.6. The van der Waals surface area contributed by atoms with Gasteiger partial charge in [-0.05, 0) is 29.8 Å². The van der Waals surface area contributed by atoms with Crippen molar-refractivity contribution < 1.29 is 23.5 Å². The first kappa shape index (κ1) is 20.0. The lowest BCUT2D eigenvalue weighted by molar-refractivity contribution is 0.0950. The Labute approximate surface area is 156 Å². The van der Waals surface area contributed by atoms with Gasteiger partial charge in [0.2, 0.25) is 0 Å². The van der Waals surface area contributed by atoms with Crippen molar-refractivity contribution in [2.24, 2.45) is 0 Å². The third kappa shape index (κ3) is 6.18. The van der Waals surface area contributed by atoms with Crippen LogP contribution in [0.3, 0.4) is 0 Å². The lowest BCUT2D eigenvalue weighted by atomic mass is 10.2. The zero-order chi connectivity index (χ0) is 19.6. The van der Waals surface area contributed by atoms with Gasteiger partial charge in [-0.25, -0.2) is 9.18 Å². The summed E-state index contributed by atoms with van der Waals surface area (Å²) in [5.74, 6) is 0.137. The van der Waals surface area contributed by atoms with E-state index >= 15 is 0 Å². The Morgan fingerprint density at radius 1 is 0.926 bits per heavy atom. The Morgan fingerprint density at radius 3 is 2.19 bits per heavy atom. The van der Waals surface area contributed by atoms with Gasteiger partial charge in [-0.2, -0.15) is 0 Å². The fourth-order valence-corrected chi connectivity index (χ4v) is 2.31. The van der Waals surface area contributed by atoms with Gasteiger partial charge in [-0.15, -0.1) is 0 Å². The average molecular weight is 375 g/mol. The Balaban J connectivity index is 1.72. The van der Waals surface area contributed by atoms with Gasteiger partial charge in [0.25, 0.3) is 5.91 Å². The second-order valence-corrected chi connectivity index (χ2v) is 5.57. The first-order chi connectivity index (χ1) is 13.0. The highest BCUT2D eigenvalue weighted by atomic mass is 19.1. The van der Waals surface area contributed by atoms with Gasteiger partial charge in [-0.3, -0.25) is 4.79 Å². The van der Waals surface area contributed by atoms with Gasteiger partial charge in [0.15, 0.2) is 0 Å². The molecule has 3 amide bonds. The summed E-state index contributed by atoms with van der Waals surface area (Å²) in [7, 11) is 3.10. The molecule has 27 heavy (non-hydrogen) atoms. The standard InChI is InChI=1S/C19H22FN3O4/c1-26-14-9-13(10-15(11-14)27-2)12-23-19(25)22-8-7-21-18(24)16-5-3-4-6-17(16)20/h3-6,9-11H,7-8,12H2,1-2H3,(H,21,24)(H2,22,23,25). The molecule has 7 nitrogen and oxygen atoms in total. The molecule has 2 rings (SSSR count). The fraction of sp³-hybridized carbons (Fsp3) is 0.263. The van der Waals surface area contributed by atoms with Gasteiger partial charge in [0, 0.05) is 25.7 Å². The van der Waals surface area contributed by atoms with Gasteiger partial charge in [0.05, 0.1) is 19.8 Å². The van der Waals surface area contributed by atoms with E-state index in [2.05, 4.69) is 16.0 Å². The highest BCUT2D eigenvalue weighted by Gasteiger charge is 2.10. The molecular weight excluding hydrogens is 353 g/mol.